The van der Waals surface area contributed by atoms with Crippen molar-refractivity contribution in [2.75, 3.05) is 23.5 Å². The molecule has 2 aromatic carbocycles. The number of nitrogen functional groups attached to an aromatic ring is 1. The highest BCUT2D eigenvalue weighted by molar-refractivity contribution is 9.10. The van der Waals surface area contributed by atoms with E-state index < -0.39 is 0 Å². The van der Waals surface area contributed by atoms with Crippen molar-refractivity contribution in [1.82, 2.24) is 9.97 Å². The molecule has 0 atom stereocenters. The lowest BCUT2D eigenvalue weighted by molar-refractivity contribution is 0.414. The zero-order valence-corrected chi connectivity index (χ0v) is 15.2. The normalized spacial score (nSPS) is 10.3. The predicted molar refractivity (Wildman–Crippen MR) is 104 cm³/mol. The van der Waals surface area contributed by atoms with Crippen LogP contribution in [0, 0.1) is 0 Å². The number of benzene rings is 2. The number of para-hydroxylation sites is 1. The van der Waals surface area contributed by atoms with Gasteiger partial charge in [-0.2, -0.15) is 0 Å². The number of halogens is 1. The number of ether oxygens (including phenoxy) is 1. The van der Waals surface area contributed by atoms with Crippen LogP contribution in [0.2, 0.25) is 0 Å². The van der Waals surface area contributed by atoms with Gasteiger partial charge in [0, 0.05) is 11.0 Å². The minimum atomic E-state index is 0.465. The Morgan fingerprint density at radius 2 is 1.76 bits per heavy atom. The van der Waals surface area contributed by atoms with Crippen molar-refractivity contribution in [1.29, 1.82) is 0 Å². The number of nitrogens with two attached hydrogens (primary N) is 1. The molecule has 0 aliphatic heterocycles. The minimum Gasteiger partial charge on any atom is -0.497 e. The molecule has 6 nitrogen and oxygen atoms in total. The highest BCUT2D eigenvalue weighted by atomic mass is 79.9. The molecule has 1 aromatic heterocycles. The van der Waals surface area contributed by atoms with Gasteiger partial charge in [0.15, 0.2) is 11.6 Å². The van der Waals surface area contributed by atoms with Crippen molar-refractivity contribution >= 4 is 38.9 Å². The second kappa shape index (κ2) is 7.85. The highest BCUT2D eigenvalue weighted by Gasteiger charge is 2.09. The van der Waals surface area contributed by atoms with Gasteiger partial charge >= 0.3 is 0 Å². The molecule has 3 rings (SSSR count). The molecule has 4 N–H and O–H groups in total. The van der Waals surface area contributed by atoms with Crippen molar-refractivity contribution in [2.45, 2.75) is 6.54 Å². The fourth-order valence-corrected chi connectivity index (χ4v) is 2.64. The number of nitrogens with one attached hydrogen (secondary N) is 2. The molecule has 0 radical (unpaired) electrons. The molecule has 0 saturated carbocycles. The van der Waals surface area contributed by atoms with Gasteiger partial charge in [-0.05, 0) is 45.8 Å². The number of aromatic nitrogens is 2. The lowest BCUT2D eigenvalue weighted by Gasteiger charge is -2.13. The van der Waals surface area contributed by atoms with Crippen LogP contribution in [0.25, 0.3) is 0 Å². The minimum absolute atomic E-state index is 0.465. The number of hydrogen-bond donors (Lipinski definition) is 3. The van der Waals surface area contributed by atoms with Gasteiger partial charge in [0.05, 0.1) is 12.8 Å². The maximum atomic E-state index is 6.21. The molecule has 25 heavy (non-hydrogen) atoms. The van der Waals surface area contributed by atoms with Crippen LogP contribution in [-0.4, -0.2) is 17.1 Å². The Morgan fingerprint density at radius 1 is 1.04 bits per heavy atom. The summed E-state index contributed by atoms with van der Waals surface area (Å²) < 4.78 is 6.09. The molecule has 0 saturated heterocycles. The molecule has 0 aliphatic rings. The van der Waals surface area contributed by atoms with Gasteiger partial charge in [-0.25, -0.2) is 9.97 Å². The average molecular weight is 400 g/mol. The first kappa shape index (κ1) is 17.0. The monoisotopic (exact) mass is 399 g/mol. The molecule has 0 aliphatic carbocycles. The fraction of sp³-hybridized carbons (Fsp3) is 0.111. The zero-order valence-electron chi connectivity index (χ0n) is 13.7. The summed E-state index contributed by atoms with van der Waals surface area (Å²) in [5.74, 6) is 1.96. The van der Waals surface area contributed by atoms with Crippen molar-refractivity contribution < 1.29 is 4.74 Å². The van der Waals surface area contributed by atoms with Crippen LogP contribution in [0.5, 0.6) is 5.75 Å². The molecule has 0 bridgehead atoms. The first-order valence-corrected chi connectivity index (χ1v) is 8.45. The summed E-state index contributed by atoms with van der Waals surface area (Å²) in [4.78, 5) is 8.46. The van der Waals surface area contributed by atoms with Crippen molar-refractivity contribution in [2.24, 2.45) is 0 Å². The van der Waals surface area contributed by atoms with Crippen LogP contribution in [0.15, 0.2) is 59.3 Å². The number of anilines is 4. The molecule has 3 aromatic rings. The van der Waals surface area contributed by atoms with E-state index in [0.29, 0.717) is 23.9 Å². The summed E-state index contributed by atoms with van der Waals surface area (Å²) in [6, 6.07) is 15.6. The van der Waals surface area contributed by atoms with E-state index in [-0.39, 0.29) is 0 Å². The van der Waals surface area contributed by atoms with Crippen molar-refractivity contribution in [3.63, 3.8) is 0 Å². The Bertz CT molecular complexity index is 854. The fourth-order valence-electron chi connectivity index (χ4n) is 2.26. The predicted octanol–water partition coefficient (Wildman–Crippen LogP) is 4.19. The summed E-state index contributed by atoms with van der Waals surface area (Å²) in [6.07, 6.45) is 1.48. The van der Waals surface area contributed by atoms with Gasteiger partial charge in [-0.15, -0.1) is 0 Å². The maximum absolute atomic E-state index is 6.21. The van der Waals surface area contributed by atoms with E-state index in [1.807, 2.05) is 48.5 Å². The average Bonchev–Trinajstić information content (AvgIpc) is 2.64. The molecule has 1 heterocycles. The van der Waals surface area contributed by atoms with Gasteiger partial charge in [0.1, 0.15) is 17.8 Å². The molecule has 0 spiro atoms. The first-order valence-electron chi connectivity index (χ1n) is 7.66. The summed E-state index contributed by atoms with van der Waals surface area (Å²) in [7, 11) is 1.65. The van der Waals surface area contributed by atoms with Gasteiger partial charge < -0.3 is 21.1 Å². The van der Waals surface area contributed by atoms with Crippen LogP contribution in [0.1, 0.15) is 5.56 Å². The summed E-state index contributed by atoms with van der Waals surface area (Å²) >= 11 is 3.50. The molecule has 128 valence electrons. The van der Waals surface area contributed by atoms with Crippen LogP contribution in [-0.2, 0) is 6.54 Å². The highest BCUT2D eigenvalue weighted by Crippen LogP contribution is 2.29. The van der Waals surface area contributed by atoms with E-state index in [2.05, 4.69) is 36.5 Å². The van der Waals surface area contributed by atoms with Crippen molar-refractivity contribution in [3.05, 3.63) is 64.9 Å². The third-order valence-corrected chi connectivity index (χ3v) is 4.32. The third-order valence-electron chi connectivity index (χ3n) is 3.63. The number of rotatable bonds is 6. The Balaban J connectivity index is 1.73. The largest absolute Gasteiger partial charge is 0.497 e. The number of nitrogens with zero attached hydrogens (tertiary/aromatic N) is 2. The van der Waals surface area contributed by atoms with E-state index >= 15 is 0 Å². The molecular formula is C18H18BrN5O. The quantitative estimate of drug-likeness (QED) is 0.576. The molecule has 7 heteroatoms. The Hall–Kier alpha value is -2.80. The van der Waals surface area contributed by atoms with E-state index in [0.717, 1.165) is 21.5 Å². The van der Waals surface area contributed by atoms with Gasteiger partial charge in [0.2, 0.25) is 0 Å². The standard InChI is InChI=1S/C18H18BrN5O/c1-25-13-8-6-12(7-9-13)10-21-17-16(20)18(23-11-22-17)24-15-5-3-2-4-14(15)19/h2-9,11H,10,20H2,1H3,(H2,21,22,23,24). The summed E-state index contributed by atoms with van der Waals surface area (Å²) in [6.45, 7) is 0.597. The topological polar surface area (TPSA) is 85.1 Å². The van der Waals surface area contributed by atoms with Crippen LogP contribution in [0.3, 0.4) is 0 Å². The van der Waals surface area contributed by atoms with Crippen LogP contribution >= 0.6 is 15.9 Å². The molecular weight excluding hydrogens is 382 g/mol. The maximum Gasteiger partial charge on any atom is 0.159 e. The van der Waals surface area contributed by atoms with Gasteiger partial charge in [0.25, 0.3) is 0 Å². The Morgan fingerprint density at radius 3 is 2.48 bits per heavy atom. The second-order valence-corrected chi connectivity index (χ2v) is 6.15. The lowest BCUT2D eigenvalue weighted by atomic mass is 10.2. The molecule has 0 fully saturated rings. The van der Waals surface area contributed by atoms with E-state index in [1.165, 1.54) is 6.33 Å². The Labute approximate surface area is 154 Å². The van der Waals surface area contributed by atoms with E-state index in [9.17, 15) is 0 Å². The van der Waals surface area contributed by atoms with Gasteiger partial charge in [-0.3, -0.25) is 0 Å². The second-order valence-electron chi connectivity index (χ2n) is 5.29. The molecule has 0 unspecified atom stereocenters. The summed E-state index contributed by atoms with van der Waals surface area (Å²) in [5.41, 5.74) is 8.65. The zero-order chi connectivity index (χ0) is 17.6. The van der Waals surface area contributed by atoms with Crippen LogP contribution in [0.4, 0.5) is 23.0 Å². The molecule has 0 amide bonds. The Kier molecular flexibility index (Phi) is 5.35. The number of hydrogen-bond acceptors (Lipinski definition) is 6. The number of methoxy groups -OCH3 is 1. The van der Waals surface area contributed by atoms with Crippen molar-refractivity contribution in [3.8, 4) is 5.75 Å². The smallest absolute Gasteiger partial charge is 0.159 e. The lowest BCUT2D eigenvalue weighted by Crippen LogP contribution is -2.08. The SMILES string of the molecule is COc1ccc(CNc2ncnc(Nc3ccccc3Br)c2N)cc1. The summed E-state index contributed by atoms with van der Waals surface area (Å²) in [5, 5.41) is 6.45. The third kappa shape index (κ3) is 4.19. The van der Waals surface area contributed by atoms with Gasteiger partial charge in [-0.1, -0.05) is 24.3 Å². The van der Waals surface area contributed by atoms with E-state index in [1.54, 1.807) is 7.11 Å². The van der Waals surface area contributed by atoms with E-state index in [4.69, 9.17) is 10.5 Å². The first-order chi connectivity index (χ1) is 12.2. The van der Waals surface area contributed by atoms with Crippen LogP contribution < -0.4 is 21.1 Å².